The number of halogens is 3. The summed E-state index contributed by atoms with van der Waals surface area (Å²) in [6.45, 7) is 8.52. The first kappa shape index (κ1) is 33.0. The highest BCUT2D eigenvalue weighted by Gasteiger charge is 2.35. The van der Waals surface area contributed by atoms with Gasteiger partial charge in [-0.25, -0.2) is 8.51 Å². The standard InChI is InChI=1S/C26H25F3N4OS.C3H8.C2H6/c1-33(2)35(34)23-14-22(17-31-25(23)20-13-21(16-30-15-20)26(27,28)29)32-24(18-9-5-3-6-10-18)19-11-7-4-8-12-19;1-3-2;1-2/h3-13,15-16,22-23H,14,17H2,1-2H3;3H2,1-2H3;1-2H3. The molecule has 5 nitrogen and oxygen atoms in total. The van der Waals surface area contributed by atoms with E-state index in [-0.39, 0.29) is 18.2 Å². The molecule has 1 aromatic heterocycles. The molecule has 2 aromatic carbocycles. The lowest BCUT2D eigenvalue weighted by Crippen LogP contribution is -2.41. The maximum absolute atomic E-state index is 13.3. The molecule has 0 amide bonds. The first-order valence-electron chi connectivity index (χ1n) is 13.5. The number of aliphatic imine (C=N–C) groups is 2. The van der Waals surface area contributed by atoms with E-state index in [2.05, 4.69) is 23.8 Å². The second kappa shape index (κ2) is 16.2. The molecule has 0 bridgehead atoms. The van der Waals surface area contributed by atoms with Crippen LogP contribution in [0.2, 0.25) is 0 Å². The van der Waals surface area contributed by atoms with Gasteiger partial charge in [0, 0.05) is 29.1 Å². The van der Waals surface area contributed by atoms with Gasteiger partial charge < -0.3 is 0 Å². The summed E-state index contributed by atoms with van der Waals surface area (Å²) in [5.74, 6) is 0. The summed E-state index contributed by atoms with van der Waals surface area (Å²) in [5, 5.41) is -0.620. The minimum atomic E-state index is -4.53. The number of alkyl halides is 3. The molecule has 1 aliphatic heterocycles. The quantitative estimate of drug-likeness (QED) is 0.293. The number of hydrogen-bond acceptors (Lipinski definition) is 4. The third kappa shape index (κ3) is 9.20. The van der Waals surface area contributed by atoms with Gasteiger partial charge in [0.2, 0.25) is 0 Å². The van der Waals surface area contributed by atoms with Gasteiger partial charge in [-0.15, -0.1) is 0 Å². The molecule has 0 aliphatic carbocycles. The molecule has 216 valence electrons. The second-order valence-corrected chi connectivity index (χ2v) is 10.9. The summed E-state index contributed by atoms with van der Waals surface area (Å²) < 4.78 is 54.6. The SMILES string of the molecule is CC.CCC.CN(C)S(=O)C1CC(N=C(c2ccccc2)c2ccccc2)CN=C1c1cncc(C(F)(F)F)c1. The summed E-state index contributed by atoms with van der Waals surface area (Å²) in [6, 6.07) is 20.3. The largest absolute Gasteiger partial charge is 0.417 e. The molecule has 9 heteroatoms. The number of rotatable bonds is 6. The van der Waals surface area contributed by atoms with Crippen molar-refractivity contribution in [1.82, 2.24) is 9.29 Å². The van der Waals surface area contributed by atoms with E-state index in [9.17, 15) is 17.4 Å². The fourth-order valence-electron chi connectivity index (χ4n) is 3.97. The van der Waals surface area contributed by atoms with Crippen LogP contribution in [0.5, 0.6) is 0 Å². The third-order valence-corrected chi connectivity index (χ3v) is 7.26. The van der Waals surface area contributed by atoms with Crippen molar-refractivity contribution in [1.29, 1.82) is 0 Å². The fraction of sp³-hybridized carbons (Fsp3) is 0.387. The molecule has 3 atom stereocenters. The first-order valence-corrected chi connectivity index (χ1v) is 14.7. The molecule has 1 aliphatic rings. The molecular weight excluding hydrogens is 533 g/mol. The van der Waals surface area contributed by atoms with Crippen LogP contribution in [0.1, 0.15) is 62.8 Å². The minimum absolute atomic E-state index is 0.230. The number of benzene rings is 2. The van der Waals surface area contributed by atoms with Crippen LogP contribution in [0.15, 0.2) is 89.1 Å². The van der Waals surface area contributed by atoms with Crippen LogP contribution in [0.3, 0.4) is 0 Å². The molecule has 3 unspecified atom stereocenters. The average molecular weight is 573 g/mol. The van der Waals surface area contributed by atoms with Crippen molar-refractivity contribution in [3.63, 3.8) is 0 Å². The second-order valence-electron chi connectivity index (χ2n) is 9.07. The topological polar surface area (TPSA) is 57.9 Å². The Bertz CT molecular complexity index is 1220. The van der Waals surface area contributed by atoms with Crippen molar-refractivity contribution in [2.24, 2.45) is 9.98 Å². The van der Waals surface area contributed by atoms with Crippen LogP contribution in [-0.2, 0) is 17.2 Å². The van der Waals surface area contributed by atoms with E-state index in [4.69, 9.17) is 4.99 Å². The molecule has 0 N–H and O–H groups in total. The van der Waals surface area contributed by atoms with Gasteiger partial charge in [0.25, 0.3) is 0 Å². The number of nitrogens with zero attached hydrogens (tertiary/aromatic N) is 4. The van der Waals surface area contributed by atoms with E-state index in [1.807, 2.05) is 74.5 Å². The van der Waals surface area contributed by atoms with Crippen molar-refractivity contribution >= 4 is 22.4 Å². The monoisotopic (exact) mass is 572 g/mol. The van der Waals surface area contributed by atoms with Crippen LogP contribution in [0, 0.1) is 0 Å². The smallest absolute Gasteiger partial charge is 0.286 e. The van der Waals surface area contributed by atoms with E-state index in [0.717, 1.165) is 29.1 Å². The Hall–Kier alpha value is -3.17. The Morgan fingerprint density at radius 2 is 1.50 bits per heavy atom. The van der Waals surface area contributed by atoms with E-state index >= 15 is 0 Å². The van der Waals surface area contributed by atoms with Gasteiger partial charge in [-0.2, -0.15) is 13.2 Å². The van der Waals surface area contributed by atoms with Crippen LogP contribution in [0.4, 0.5) is 13.2 Å². The molecule has 40 heavy (non-hydrogen) atoms. The van der Waals surface area contributed by atoms with Gasteiger partial charge in [0.05, 0.1) is 34.8 Å². The van der Waals surface area contributed by atoms with Gasteiger partial charge in [0.15, 0.2) is 0 Å². The van der Waals surface area contributed by atoms with E-state index in [0.29, 0.717) is 12.1 Å². The zero-order valence-electron chi connectivity index (χ0n) is 24.0. The van der Waals surface area contributed by atoms with Crippen LogP contribution in [-0.4, -0.2) is 56.9 Å². The third-order valence-electron chi connectivity index (χ3n) is 5.63. The van der Waals surface area contributed by atoms with E-state index in [1.54, 1.807) is 18.4 Å². The molecular formula is C31H39F3N4OS. The molecule has 0 radical (unpaired) electrons. The maximum atomic E-state index is 13.3. The average Bonchev–Trinajstić information content (AvgIpc) is 2.97. The molecule has 3 aromatic rings. The van der Waals surface area contributed by atoms with Crippen LogP contribution < -0.4 is 0 Å². The molecule has 2 heterocycles. The molecule has 0 saturated carbocycles. The lowest BCUT2D eigenvalue weighted by atomic mass is 9.97. The van der Waals surface area contributed by atoms with Crippen molar-refractivity contribution in [2.45, 2.75) is 58.0 Å². The summed E-state index contributed by atoms with van der Waals surface area (Å²) in [5.41, 5.74) is 2.42. The van der Waals surface area contributed by atoms with E-state index < -0.39 is 28.0 Å². The van der Waals surface area contributed by atoms with Gasteiger partial charge in [-0.3, -0.25) is 15.0 Å². The van der Waals surface area contributed by atoms with Crippen LogP contribution in [0.25, 0.3) is 0 Å². The lowest BCUT2D eigenvalue weighted by Gasteiger charge is -2.29. The lowest BCUT2D eigenvalue weighted by molar-refractivity contribution is -0.137. The predicted molar refractivity (Wildman–Crippen MR) is 161 cm³/mol. The first-order chi connectivity index (χ1) is 19.2. The zero-order valence-corrected chi connectivity index (χ0v) is 24.8. The fourth-order valence-corrected chi connectivity index (χ4v) is 5.26. The molecule has 0 spiro atoms. The normalized spacial score (nSPS) is 17.4. The molecule has 4 rings (SSSR count). The highest BCUT2D eigenvalue weighted by Crippen LogP contribution is 2.30. The Morgan fingerprint density at radius 1 is 0.975 bits per heavy atom. The molecule has 0 saturated heterocycles. The number of pyridine rings is 1. The predicted octanol–water partition coefficient (Wildman–Crippen LogP) is 7.24. The Balaban J connectivity index is 0.00000105. The summed E-state index contributed by atoms with van der Waals surface area (Å²) >= 11 is 0. The summed E-state index contributed by atoms with van der Waals surface area (Å²) in [6.07, 6.45) is -0.772. The maximum Gasteiger partial charge on any atom is 0.417 e. The Labute approximate surface area is 238 Å². The van der Waals surface area contributed by atoms with Crippen molar-refractivity contribution in [2.75, 3.05) is 20.6 Å². The van der Waals surface area contributed by atoms with Crippen molar-refractivity contribution < 1.29 is 17.4 Å². The zero-order chi connectivity index (χ0) is 29.7. The summed E-state index contributed by atoms with van der Waals surface area (Å²) in [7, 11) is 1.83. The Kier molecular flexibility index (Phi) is 13.4. The van der Waals surface area contributed by atoms with Gasteiger partial charge in [-0.05, 0) is 26.6 Å². The number of aromatic nitrogens is 1. The molecule has 0 fully saturated rings. The van der Waals surface area contributed by atoms with Gasteiger partial charge >= 0.3 is 6.18 Å². The van der Waals surface area contributed by atoms with E-state index in [1.165, 1.54) is 12.6 Å². The highest BCUT2D eigenvalue weighted by atomic mass is 32.2. The number of hydrogen-bond donors (Lipinski definition) is 0. The van der Waals surface area contributed by atoms with Crippen molar-refractivity contribution in [3.05, 3.63) is 101 Å². The van der Waals surface area contributed by atoms with Crippen molar-refractivity contribution in [3.8, 4) is 0 Å². The van der Waals surface area contributed by atoms with Gasteiger partial charge in [0.1, 0.15) is 11.0 Å². The summed E-state index contributed by atoms with van der Waals surface area (Å²) in [4.78, 5) is 13.4. The van der Waals surface area contributed by atoms with Gasteiger partial charge in [-0.1, -0.05) is 94.8 Å². The minimum Gasteiger partial charge on any atom is -0.286 e. The Morgan fingerprint density at radius 3 is 1.98 bits per heavy atom. The highest BCUT2D eigenvalue weighted by molar-refractivity contribution is 7.84. The van der Waals surface area contributed by atoms with Crippen LogP contribution >= 0.6 is 0 Å².